The van der Waals surface area contributed by atoms with Crippen molar-refractivity contribution in [3.63, 3.8) is 0 Å². The molecule has 4 nitrogen and oxygen atoms in total. The topological polar surface area (TPSA) is 37.4 Å². The number of methoxy groups -OCH3 is 1. The van der Waals surface area contributed by atoms with E-state index in [-0.39, 0.29) is 0 Å². The fourth-order valence-corrected chi connectivity index (χ4v) is 2.89. The highest BCUT2D eigenvalue weighted by molar-refractivity contribution is 7.98. The van der Waals surface area contributed by atoms with Gasteiger partial charge in [-0.05, 0) is 13.2 Å². The van der Waals surface area contributed by atoms with Crippen LogP contribution in [-0.4, -0.2) is 44.2 Å². The van der Waals surface area contributed by atoms with Gasteiger partial charge in [-0.3, -0.25) is 0 Å². The van der Waals surface area contributed by atoms with Crippen LogP contribution < -0.4 is 15.0 Å². The second kappa shape index (κ2) is 7.08. The molecule has 0 fully saturated rings. The van der Waals surface area contributed by atoms with Gasteiger partial charge in [-0.1, -0.05) is 11.3 Å². The van der Waals surface area contributed by atoms with Crippen LogP contribution in [0.3, 0.4) is 0 Å². The first-order valence-corrected chi connectivity index (χ1v) is 7.72. The summed E-state index contributed by atoms with van der Waals surface area (Å²) in [6.07, 6.45) is 2.12. The molecular weight excluding hydrogens is 254 g/mol. The molecule has 17 heavy (non-hydrogen) atoms. The highest BCUT2D eigenvalue weighted by atomic mass is 32.2. The van der Waals surface area contributed by atoms with Crippen LogP contribution >= 0.6 is 23.1 Å². The molecule has 0 amide bonds. The van der Waals surface area contributed by atoms with E-state index < -0.39 is 0 Å². The molecule has 0 aromatic carbocycles. The first-order chi connectivity index (χ1) is 8.08. The van der Waals surface area contributed by atoms with Crippen molar-refractivity contribution in [3.8, 4) is 5.88 Å². The monoisotopic (exact) mass is 275 g/mol. The first-order valence-electron chi connectivity index (χ1n) is 5.51. The van der Waals surface area contributed by atoms with Crippen molar-refractivity contribution in [2.45, 2.75) is 19.5 Å². The molecule has 1 unspecified atom stereocenters. The van der Waals surface area contributed by atoms with Crippen LogP contribution in [-0.2, 0) is 6.54 Å². The fourth-order valence-electron chi connectivity index (χ4n) is 1.36. The molecule has 1 atom stereocenters. The summed E-state index contributed by atoms with van der Waals surface area (Å²) in [5, 5.41) is 4.46. The van der Waals surface area contributed by atoms with Gasteiger partial charge in [0.2, 0.25) is 5.88 Å². The lowest BCUT2D eigenvalue weighted by Crippen LogP contribution is -2.27. The Morgan fingerprint density at radius 1 is 1.53 bits per heavy atom. The highest BCUT2D eigenvalue weighted by Gasteiger charge is 2.13. The van der Waals surface area contributed by atoms with Crippen molar-refractivity contribution in [2.75, 3.05) is 38.1 Å². The van der Waals surface area contributed by atoms with Gasteiger partial charge in [0.25, 0.3) is 0 Å². The van der Waals surface area contributed by atoms with Crippen molar-refractivity contribution in [1.29, 1.82) is 0 Å². The quantitative estimate of drug-likeness (QED) is 0.824. The summed E-state index contributed by atoms with van der Waals surface area (Å²) in [5.74, 6) is 1.85. The van der Waals surface area contributed by atoms with Crippen LogP contribution in [0.2, 0.25) is 0 Å². The van der Waals surface area contributed by atoms with Crippen LogP contribution in [0.1, 0.15) is 11.8 Å². The van der Waals surface area contributed by atoms with Crippen molar-refractivity contribution in [1.82, 2.24) is 10.3 Å². The summed E-state index contributed by atoms with van der Waals surface area (Å²) in [5.41, 5.74) is 0. The van der Waals surface area contributed by atoms with E-state index in [9.17, 15) is 0 Å². The van der Waals surface area contributed by atoms with E-state index in [1.807, 2.05) is 30.8 Å². The van der Waals surface area contributed by atoms with Gasteiger partial charge < -0.3 is 15.0 Å². The average Bonchev–Trinajstić information content (AvgIpc) is 2.70. The lowest BCUT2D eigenvalue weighted by molar-refractivity contribution is 0.394. The number of anilines is 1. The minimum Gasteiger partial charge on any atom is -0.480 e. The summed E-state index contributed by atoms with van der Waals surface area (Å²) in [6.45, 7) is 3.01. The summed E-state index contributed by atoms with van der Waals surface area (Å²) in [7, 11) is 5.65. The maximum atomic E-state index is 5.30. The van der Waals surface area contributed by atoms with Gasteiger partial charge in [-0.25, -0.2) is 0 Å². The molecule has 0 bridgehead atoms. The zero-order valence-electron chi connectivity index (χ0n) is 11.1. The zero-order valence-corrected chi connectivity index (χ0v) is 12.7. The summed E-state index contributed by atoms with van der Waals surface area (Å²) in [4.78, 5) is 7.59. The number of nitrogens with zero attached hydrogens (tertiary/aromatic N) is 2. The van der Waals surface area contributed by atoms with Gasteiger partial charge in [0.1, 0.15) is 0 Å². The molecule has 1 rings (SSSR count). The molecule has 98 valence electrons. The number of hydrogen-bond acceptors (Lipinski definition) is 6. The molecule has 0 radical (unpaired) electrons. The molecule has 0 saturated carbocycles. The lowest BCUT2D eigenvalue weighted by atomic mass is 10.4. The van der Waals surface area contributed by atoms with E-state index in [1.54, 1.807) is 18.4 Å². The minimum absolute atomic E-state index is 0.500. The van der Waals surface area contributed by atoms with E-state index in [0.29, 0.717) is 6.04 Å². The molecule has 0 aliphatic heterocycles. The average molecular weight is 275 g/mol. The van der Waals surface area contributed by atoms with Gasteiger partial charge in [0.05, 0.1) is 12.0 Å². The maximum Gasteiger partial charge on any atom is 0.230 e. The Hall–Kier alpha value is -0.460. The third-order valence-electron chi connectivity index (χ3n) is 2.25. The molecular formula is C11H21N3OS2. The van der Waals surface area contributed by atoms with E-state index in [4.69, 9.17) is 4.74 Å². The van der Waals surface area contributed by atoms with Crippen LogP contribution in [0.25, 0.3) is 0 Å². The molecule has 0 aliphatic rings. The normalized spacial score (nSPS) is 12.5. The Morgan fingerprint density at radius 3 is 2.76 bits per heavy atom. The number of hydrogen-bond donors (Lipinski definition) is 1. The van der Waals surface area contributed by atoms with Gasteiger partial charge >= 0.3 is 0 Å². The van der Waals surface area contributed by atoms with Gasteiger partial charge in [0, 0.05) is 32.4 Å². The van der Waals surface area contributed by atoms with Gasteiger partial charge in [-0.15, -0.1) is 0 Å². The van der Waals surface area contributed by atoms with Crippen molar-refractivity contribution < 1.29 is 4.74 Å². The Labute approximate surface area is 112 Å². The lowest BCUT2D eigenvalue weighted by Gasteiger charge is -2.11. The standard InChI is InChI=1S/C11H21N3OS2/c1-8(7-16-5)12-6-9-10(15-4)13-11(17-9)14(2)3/h8,12H,6-7H2,1-5H3. The second-order valence-electron chi connectivity index (χ2n) is 4.06. The molecule has 1 heterocycles. The molecule has 1 aromatic heterocycles. The zero-order chi connectivity index (χ0) is 12.8. The van der Waals surface area contributed by atoms with E-state index in [0.717, 1.165) is 28.2 Å². The fraction of sp³-hybridized carbons (Fsp3) is 0.727. The predicted octanol–water partition coefficient (Wildman–Crippen LogP) is 2.06. The second-order valence-corrected chi connectivity index (χ2v) is 6.03. The molecule has 0 aliphatic carbocycles. The smallest absolute Gasteiger partial charge is 0.230 e. The minimum atomic E-state index is 0.500. The molecule has 0 saturated heterocycles. The number of aromatic nitrogens is 1. The van der Waals surface area contributed by atoms with E-state index >= 15 is 0 Å². The third-order valence-corrected chi connectivity index (χ3v) is 4.29. The SMILES string of the molecule is COc1nc(N(C)C)sc1CNC(C)CSC. The summed E-state index contributed by atoms with van der Waals surface area (Å²) >= 11 is 3.52. The van der Waals surface area contributed by atoms with Gasteiger partial charge in [0.15, 0.2) is 5.13 Å². The van der Waals surface area contributed by atoms with Crippen molar-refractivity contribution in [2.24, 2.45) is 0 Å². The van der Waals surface area contributed by atoms with Crippen LogP contribution in [0.5, 0.6) is 5.88 Å². The number of ether oxygens (including phenoxy) is 1. The molecule has 6 heteroatoms. The number of thiazole rings is 1. The summed E-state index contributed by atoms with van der Waals surface area (Å²) < 4.78 is 5.30. The summed E-state index contributed by atoms with van der Waals surface area (Å²) in [6, 6.07) is 0.500. The first kappa shape index (κ1) is 14.6. The number of nitrogens with one attached hydrogen (secondary N) is 1. The molecule has 1 aromatic rings. The van der Waals surface area contributed by atoms with Crippen LogP contribution in [0.15, 0.2) is 0 Å². The van der Waals surface area contributed by atoms with Crippen LogP contribution in [0.4, 0.5) is 5.13 Å². The van der Waals surface area contributed by atoms with Gasteiger partial charge in [-0.2, -0.15) is 16.7 Å². The number of thioether (sulfide) groups is 1. The van der Waals surface area contributed by atoms with Crippen molar-refractivity contribution in [3.05, 3.63) is 4.88 Å². The molecule has 0 spiro atoms. The predicted molar refractivity (Wildman–Crippen MR) is 77.7 cm³/mol. The highest BCUT2D eigenvalue weighted by Crippen LogP contribution is 2.30. The third kappa shape index (κ3) is 4.37. The van der Waals surface area contributed by atoms with E-state index in [2.05, 4.69) is 23.5 Å². The van der Waals surface area contributed by atoms with Crippen molar-refractivity contribution >= 4 is 28.2 Å². The Balaban J connectivity index is 2.63. The number of rotatable bonds is 7. The van der Waals surface area contributed by atoms with E-state index in [1.165, 1.54) is 0 Å². The Kier molecular flexibility index (Phi) is 6.08. The molecule has 1 N–H and O–H groups in total. The van der Waals surface area contributed by atoms with Crippen LogP contribution in [0, 0.1) is 0 Å². The largest absolute Gasteiger partial charge is 0.480 e. The Bertz CT molecular complexity index is 341. The Morgan fingerprint density at radius 2 is 2.24 bits per heavy atom. The maximum absolute atomic E-state index is 5.30.